The highest BCUT2D eigenvalue weighted by molar-refractivity contribution is 7.84. The fourth-order valence-electron chi connectivity index (χ4n) is 1.92. The minimum atomic E-state index is -4.54. The van der Waals surface area contributed by atoms with Crippen molar-refractivity contribution in [1.82, 2.24) is 9.62 Å². The zero-order valence-corrected chi connectivity index (χ0v) is 15.1. The molecule has 0 aromatic rings. The monoisotopic (exact) mass is 358 g/mol. The topological polar surface area (TPSA) is 58.6 Å². The van der Waals surface area contributed by atoms with Gasteiger partial charge in [0.05, 0.1) is 15.7 Å². The summed E-state index contributed by atoms with van der Waals surface area (Å²) in [5, 5.41) is 0. The van der Waals surface area contributed by atoms with E-state index >= 15 is 0 Å². The number of halogens is 3. The molecule has 0 aliphatic carbocycles. The van der Waals surface area contributed by atoms with Gasteiger partial charge in [-0.15, -0.1) is 0 Å². The Hall–Kier alpha value is -0.830. The van der Waals surface area contributed by atoms with E-state index in [1.165, 1.54) is 4.90 Å². The lowest BCUT2D eigenvalue weighted by Crippen LogP contribution is -2.63. The van der Waals surface area contributed by atoms with Crippen LogP contribution in [0, 0.1) is 5.92 Å². The smallest absolute Gasteiger partial charge is 0.410 e. The Kier molecular flexibility index (Phi) is 5.79. The van der Waals surface area contributed by atoms with Crippen LogP contribution in [0.25, 0.3) is 0 Å². The number of alkyl halides is 3. The molecule has 0 bridgehead atoms. The number of rotatable bonds is 3. The summed E-state index contributed by atoms with van der Waals surface area (Å²) in [5.41, 5.74) is -0.697. The van der Waals surface area contributed by atoms with Gasteiger partial charge in [0.2, 0.25) is 0 Å². The van der Waals surface area contributed by atoms with Crippen molar-refractivity contribution in [3.8, 4) is 0 Å². The van der Waals surface area contributed by atoms with Crippen molar-refractivity contribution in [3.63, 3.8) is 0 Å². The third-order valence-electron chi connectivity index (χ3n) is 3.18. The van der Waals surface area contributed by atoms with Crippen LogP contribution in [0.15, 0.2) is 0 Å². The maximum absolute atomic E-state index is 13.2. The second-order valence-corrected chi connectivity index (χ2v) is 9.66. The third kappa shape index (κ3) is 5.95. The van der Waals surface area contributed by atoms with Gasteiger partial charge >= 0.3 is 12.3 Å². The first kappa shape index (κ1) is 20.2. The van der Waals surface area contributed by atoms with Gasteiger partial charge in [0.1, 0.15) is 11.6 Å². The van der Waals surface area contributed by atoms with Gasteiger partial charge in [0.25, 0.3) is 0 Å². The molecule has 0 saturated carbocycles. The molecule has 0 spiro atoms. The van der Waals surface area contributed by atoms with Crippen molar-refractivity contribution in [2.45, 2.75) is 64.1 Å². The van der Waals surface area contributed by atoms with E-state index in [0.717, 1.165) is 0 Å². The van der Waals surface area contributed by atoms with Crippen LogP contribution in [-0.4, -0.2) is 50.9 Å². The maximum Gasteiger partial charge on any atom is 0.410 e. The first-order valence-corrected chi connectivity index (χ1v) is 8.49. The Labute approximate surface area is 137 Å². The summed E-state index contributed by atoms with van der Waals surface area (Å²) in [7, 11) is -1.84. The van der Waals surface area contributed by atoms with Gasteiger partial charge in [-0.1, -0.05) is 0 Å². The van der Waals surface area contributed by atoms with Crippen molar-refractivity contribution in [3.05, 3.63) is 0 Å². The Balaban J connectivity index is 2.68. The predicted octanol–water partition coefficient (Wildman–Crippen LogP) is 2.84. The van der Waals surface area contributed by atoms with E-state index in [-0.39, 0.29) is 13.1 Å². The maximum atomic E-state index is 13.2. The van der Waals surface area contributed by atoms with Crippen LogP contribution in [-0.2, 0) is 15.7 Å². The van der Waals surface area contributed by atoms with Gasteiger partial charge in [-0.25, -0.2) is 13.7 Å². The molecule has 0 aromatic carbocycles. The number of likely N-dealkylation sites (tertiary alicyclic amines) is 1. The highest BCUT2D eigenvalue weighted by Crippen LogP contribution is 2.32. The van der Waals surface area contributed by atoms with Crippen molar-refractivity contribution >= 4 is 17.1 Å². The Morgan fingerprint density at radius 1 is 1.17 bits per heavy atom. The van der Waals surface area contributed by atoms with E-state index in [9.17, 15) is 22.2 Å². The number of ether oxygens (including phenoxy) is 1. The van der Waals surface area contributed by atoms with Gasteiger partial charge in [0, 0.05) is 19.0 Å². The van der Waals surface area contributed by atoms with Crippen molar-refractivity contribution in [1.29, 1.82) is 0 Å². The number of nitrogens with zero attached hydrogens (tertiary/aromatic N) is 1. The third-order valence-corrected chi connectivity index (χ3v) is 4.76. The molecule has 5 nitrogen and oxygen atoms in total. The molecule has 2 atom stereocenters. The molecule has 2 unspecified atom stereocenters. The average Bonchev–Trinajstić information content (AvgIpc) is 2.19. The van der Waals surface area contributed by atoms with Crippen LogP contribution in [0.3, 0.4) is 0 Å². The van der Waals surface area contributed by atoms with E-state index in [4.69, 9.17) is 4.74 Å². The zero-order chi connectivity index (χ0) is 18.2. The Bertz CT molecular complexity index is 463. The lowest BCUT2D eigenvalue weighted by molar-refractivity contribution is -0.174. The first-order chi connectivity index (χ1) is 10.1. The number of hydrogen-bond acceptors (Lipinski definition) is 3. The molecule has 1 heterocycles. The lowest BCUT2D eigenvalue weighted by Gasteiger charge is -2.44. The molecule has 1 fully saturated rings. The summed E-state index contributed by atoms with van der Waals surface area (Å²) in [6, 6.07) is -1.92. The summed E-state index contributed by atoms with van der Waals surface area (Å²) in [6.07, 6.45) is -5.17. The number of amides is 1. The normalized spacial score (nSPS) is 20.0. The van der Waals surface area contributed by atoms with Gasteiger partial charge in [0.15, 0.2) is 0 Å². The zero-order valence-electron chi connectivity index (χ0n) is 14.3. The highest BCUT2D eigenvalue weighted by atomic mass is 32.2. The minimum Gasteiger partial charge on any atom is -0.444 e. The van der Waals surface area contributed by atoms with Crippen molar-refractivity contribution < 1.29 is 26.9 Å². The molecule has 1 saturated heterocycles. The first-order valence-electron chi connectivity index (χ1n) is 7.34. The Morgan fingerprint density at radius 2 is 1.65 bits per heavy atom. The summed E-state index contributed by atoms with van der Waals surface area (Å²) in [5.74, 6) is -0.839. The van der Waals surface area contributed by atoms with E-state index < -0.39 is 45.6 Å². The van der Waals surface area contributed by atoms with E-state index in [0.29, 0.717) is 0 Å². The van der Waals surface area contributed by atoms with Gasteiger partial charge in [-0.2, -0.15) is 13.2 Å². The summed E-state index contributed by atoms with van der Waals surface area (Å²) in [4.78, 5) is 13.0. The largest absolute Gasteiger partial charge is 0.444 e. The molecule has 0 aromatic heterocycles. The van der Waals surface area contributed by atoms with Crippen LogP contribution in [0.2, 0.25) is 0 Å². The number of hydrogen-bond donors (Lipinski definition) is 1. The molecule has 9 heteroatoms. The van der Waals surface area contributed by atoms with E-state index in [1.54, 1.807) is 41.5 Å². The summed E-state index contributed by atoms with van der Waals surface area (Å²) < 4.78 is 58.1. The van der Waals surface area contributed by atoms with Gasteiger partial charge in [-0.05, 0) is 41.5 Å². The number of carbonyl (C=O) groups is 1. The number of nitrogens with one attached hydrogen (secondary N) is 1. The summed E-state index contributed by atoms with van der Waals surface area (Å²) in [6.45, 7) is 9.70. The molecule has 1 rings (SSSR count). The minimum absolute atomic E-state index is 0.0760. The van der Waals surface area contributed by atoms with Crippen molar-refractivity contribution in [2.75, 3.05) is 13.1 Å². The fraction of sp³-hybridized carbons (Fsp3) is 0.929. The molecule has 1 aliphatic heterocycles. The molecule has 1 N–H and O–H groups in total. The second kappa shape index (κ2) is 6.58. The lowest BCUT2D eigenvalue weighted by atomic mass is 9.92. The van der Waals surface area contributed by atoms with Gasteiger partial charge < -0.3 is 9.64 Å². The Morgan fingerprint density at radius 3 is 2.00 bits per heavy atom. The molecule has 136 valence electrons. The average molecular weight is 358 g/mol. The van der Waals surface area contributed by atoms with Crippen LogP contribution >= 0.6 is 0 Å². The fourth-order valence-corrected chi connectivity index (χ4v) is 2.83. The molecule has 0 radical (unpaired) electrons. The molecule has 1 aliphatic rings. The molecule has 1 amide bonds. The molecule has 23 heavy (non-hydrogen) atoms. The van der Waals surface area contributed by atoms with E-state index in [2.05, 4.69) is 4.72 Å². The van der Waals surface area contributed by atoms with E-state index in [1.807, 2.05) is 0 Å². The number of carbonyl (C=O) groups excluding carboxylic acids is 1. The molecular formula is C14H25F3N2O3S. The van der Waals surface area contributed by atoms with Gasteiger partial charge in [-0.3, -0.25) is 0 Å². The van der Waals surface area contributed by atoms with Crippen LogP contribution in [0.4, 0.5) is 18.0 Å². The highest BCUT2D eigenvalue weighted by Gasteiger charge is 2.51. The summed E-state index contributed by atoms with van der Waals surface area (Å²) >= 11 is 0. The standard InChI is InChI=1S/C14H25F3N2O3S/c1-12(2,3)22-11(20)19-7-9(8-19)10(14(15,16)17)18-23(21)13(4,5)6/h9-10,18H,7-8H2,1-6H3. The van der Waals surface area contributed by atoms with Crippen molar-refractivity contribution in [2.24, 2.45) is 5.92 Å². The SMILES string of the molecule is CC(C)(C)OC(=O)N1CC(C(NS(=O)C(C)(C)C)C(F)(F)F)C1. The molecular weight excluding hydrogens is 333 g/mol. The van der Waals surface area contributed by atoms with Crippen LogP contribution in [0.1, 0.15) is 41.5 Å². The van der Waals surface area contributed by atoms with Crippen LogP contribution in [0.5, 0.6) is 0 Å². The predicted molar refractivity (Wildman–Crippen MR) is 82.2 cm³/mol. The van der Waals surface area contributed by atoms with Crippen LogP contribution < -0.4 is 4.72 Å². The second-order valence-electron chi connectivity index (χ2n) is 7.66. The quantitative estimate of drug-likeness (QED) is 0.844.